The molecule has 0 radical (unpaired) electrons. The Kier molecular flexibility index (Phi) is 5.44. The minimum atomic E-state index is 0.815. The lowest BCUT2D eigenvalue weighted by atomic mass is 10.1. The van der Waals surface area contributed by atoms with Crippen LogP contribution in [0.5, 0.6) is 11.5 Å². The smallest absolute Gasteiger partial charge is 0.129 e. The van der Waals surface area contributed by atoms with Crippen LogP contribution in [0.25, 0.3) is 12.2 Å². The third-order valence-corrected chi connectivity index (χ3v) is 3.40. The largest absolute Gasteiger partial charge is 0.496 e. The lowest BCUT2D eigenvalue weighted by Gasteiger charge is -2.09. The van der Waals surface area contributed by atoms with Crippen LogP contribution in [0.4, 0.5) is 0 Å². The second-order valence-electron chi connectivity index (χ2n) is 4.90. The number of hydrogen-bond acceptors (Lipinski definition) is 2. The van der Waals surface area contributed by atoms with Crippen molar-refractivity contribution in [3.8, 4) is 11.5 Å². The SMILES string of the molecule is CCCc1cccc(C=Cc2c(OC)cccc2OC)c1. The van der Waals surface area contributed by atoms with Crippen LogP contribution in [0, 0.1) is 0 Å². The van der Waals surface area contributed by atoms with E-state index in [0.717, 1.165) is 29.9 Å². The van der Waals surface area contributed by atoms with Crippen molar-refractivity contribution in [3.05, 3.63) is 59.2 Å². The Balaban J connectivity index is 2.30. The van der Waals surface area contributed by atoms with E-state index in [-0.39, 0.29) is 0 Å². The highest BCUT2D eigenvalue weighted by Gasteiger charge is 2.06. The molecule has 2 aromatic rings. The van der Waals surface area contributed by atoms with E-state index in [4.69, 9.17) is 9.47 Å². The summed E-state index contributed by atoms with van der Waals surface area (Å²) in [6.07, 6.45) is 6.41. The number of methoxy groups -OCH3 is 2. The standard InChI is InChI=1S/C19H22O2/c1-4-7-15-8-5-9-16(14-15)12-13-17-18(20-2)10-6-11-19(17)21-3/h5-6,8-14H,4,7H2,1-3H3. The highest BCUT2D eigenvalue weighted by molar-refractivity contribution is 5.76. The van der Waals surface area contributed by atoms with Gasteiger partial charge in [0.25, 0.3) is 0 Å². The summed E-state index contributed by atoms with van der Waals surface area (Å²) in [5, 5.41) is 0. The van der Waals surface area contributed by atoms with Gasteiger partial charge < -0.3 is 9.47 Å². The van der Waals surface area contributed by atoms with Crippen molar-refractivity contribution in [2.45, 2.75) is 19.8 Å². The number of hydrogen-bond donors (Lipinski definition) is 0. The first-order valence-corrected chi connectivity index (χ1v) is 7.26. The molecule has 0 amide bonds. The van der Waals surface area contributed by atoms with Gasteiger partial charge in [0, 0.05) is 0 Å². The minimum Gasteiger partial charge on any atom is -0.496 e. The second kappa shape index (κ2) is 7.53. The fourth-order valence-corrected chi connectivity index (χ4v) is 2.36. The molecule has 2 heteroatoms. The van der Waals surface area contributed by atoms with E-state index in [1.54, 1.807) is 14.2 Å². The van der Waals surface area contributed by atoms with Gasteiger partial charge in [-0.1, -0.05) is 49.8 Å². The molecule has 0 aromatic heterocycles. The van der Waals surface area contributed by atoms with Gasteiger partial charge in [-0.3, -0.25) is 0 Å². The minimum absolute atomic E-state index is 0.815. The molecule has 0 aliphatic carbocycles. The summed E-state index contributed by atoms with van der Waals surface area (Å²) in [7, 11) is 3.35. The van der Waals surface area contributed by atoms with Gasteiger partial charge in [-0.2, -0.15) is 0 Å². The zero-order valence-corrected chi connectivity index (χ0v) is 12.9. The average Bonchev–Trinajstić information content (AvgIpc) is 2.53. The van der Waals surface area contributed by atoms with E-state index in [0.29, 0.717) is 0 Å². The molecule has 0 aliphatic rings. The van der Waals surface area contributed by atoms with Gasteiger partial charge >= 0.3 is 0 Å². The molecule has 0 N–H and O–H groups in total. The van der Waals surface area contributed by atoms with E-state index in [9.17, 15) is 0 Å². The maximum absolute atomic E-state index is 5.41. The Bertz CT molecular complexity index is 592. The van der Waals surface area contributed by atoms with Gasteiger partial charge in [0.05, 0.1) is 19.8 Å². The van der Waals surface area contributed by atoms with Crippen LogP contribution in [-0.4, -0.2) is 14.2 Å². The molecule has 0 spiro atoms. The van der Waals surface area contributed by atoms with Crippen molar-refractivity contribution in [3.63, 3.8) is 0 Å². The zero-order valence-electron chi connectivity index (χ0n) is 12.9. The number of benzene rings is 2. The average molecular weight is 282 g/mol. The van der Waals surface area contributed by atoms with Crippen LogP contribution < -0.4 is 9.47 Å². The van der Waals surface area contributed by atoms with E-state index < -0.39 is 0 Å². The number of aryl methyl sites for hydroxylation is 1. The maximum atomic E-state index is 5.41. The summed E-state index contributed by atoms with van der Waals surface area (Å²) in [5.41, 5.74) is 3.52. The fourth-order valence-electron chi connectivity index (χ4n) is 2.36. The van der Waals surface area contributed by atoms with E-state index >= 15 is 0 Å². The van der Waals surface area contributed by atoms with Crippen LogP contribution in [0.2, 0.25) is 0 Å². The molecule has 0 fully saturated rings. The molecule has 2 nitrogen and oxygen atoms in total. The van der Waals surface area contributed by atoms with Crippen molar-refractivity contribution in [2.24, 2.45) is 0 Å². The van der Waals surface area contributed by atoms with Crippen LogP contribution >= 0.6 is 0 Å². The van der Waals surface area contributed by atoms with E-state index in [1.807, 2.05) is 24.3 Å². The van der Waals surface area contributed by atoms with Crippen molar-refractivity contribution >= 4 is 12.2 Å². The van der Waals surface area contributed by atoms with Gasteiger partial charge in [0.15, 0.2) is 0 Å². The Labute approximate surface area is 127 Å². The summed E-state index contributed by atoms with van der Waals surface area (Å²) < 4.78 is 10.8. The third-order valence-electron chi connectivity index (χ3n) is 3.40. The Morgan fingerprint density at radius 2 is 1.57 bits per heavy atom. The second-order valence-corrected chi connectivity index (χ2v) is 4.90. The van der Waals surface area contributed by atoms with Crippen LogP contribution in [0.15, 0.2) is 42.5 Å². The summed E-state index contributed by atoms with van der Waals surface area (Å²) in [6, 6.07) is 14.4. The summed E-state index contributed by atoms with van der Waals surface area (Å²) in [4.78, 5) is 0. The van der Waals surface area contributed by atoms with Gasteiger partial charge in [-0.25, -0.2) is 0 Å². The van der Waals surface area contributed by atoms with Crippen LogP contribution in [-0.2, 0) is 6.42 Å². The monoisotopic (exact) mass is 282 g/mol. The predicted octanol–water partition coefficient (Wildman–Crippen LogP) is 4.83. The van der Waals surface area contributed by atoms with Crippen molar-refractivity contribution in [1.82, 2.24) is 0 Å². The quantitative estimate of drug-likeness (QED) is 0.707. The molecule has 21 heavy (non-hydrogen) atoms. The normalized spacial score (nSPS) is 10.8. The lowest BCUT2D eigenvalue weighted by molar-refractivity contribution is 0.392. The summed E-state index contributed by atoms with van der Waals surface area (Å²) >= 11 is 0. The molecule has 0 saturated heterocycles. The lowest BCUT2D eigenvalue weighted by Crippen LogP contribution is -1.91. The molecule has 0 atom stereocenters. The molecular formula is C19H22O2. The summed E-state index contributed by atoms with van der Waals surface area (Å²) in [5.74, 6) is 1.63. The van der Waals surface area contributed by atoms with Crippen molar-refractivity contribution in [2.75, 3.05) is 14.2 Å². The predicted molar refractivity (Wildman–Crippen MR) is 88.9 cm³/mol. The highest BCUT2D eigenvalue weighted by Crippen LogP contribution is 2.30. The molecule has 110 valence electrons. The highest BCUT2D eigenvalue weighted by atomic mass is 16.5. The molecule has 0 unspecified atom stereocenters. The van der Waals surface area contributed by atoms with Crippen molar-refractivity contribution in [1.29, 1.82) is 0 Å². The molecular weight excluding hydrogens is 260 g/mol. The Hall–Kier alpha value is -2.22. The molecule has 0 saturated carbocycles. The first kappa shape index (κ1) is 15.2. The zero-order chi connectivity index (χ0) is 15.1. The Morgan fingerprint density at radius 1 is 0.905 bits per heavy atom. The van der Waals surface area contributed by atoms with Gasteiger partial charge in [0.2, 0.25) is 0 Å². The Morgan fingerprint density at radius 3 is 2.19 bits per heavy atom. The molecule has 2 rings (SSSR count). The number of rotatable bonds is 6. The van der Waals surface area contributed by atoms with E-state index in [2.05, 4.69) is 37.3 Å². The van der Waals surface area contributed by atoms with Gasteiger partial charge in [-0.05, 0) is 35.8 Å². The van der Waals surface area contributed by atoms with Crippen molar-refractivity contribution < 1.29 is 9.47 Å². The van der Waals surface area contributed by atoms with Crippen LogP contribution in [0.3, 0.4) is 0 Å². The van der Waals surface area contributed by atoms with Gasteiger partial charge in [-0.15, -0.1) is 0 Å². The first-order chi connectivity index (χ1) is 10.3. The maximum Gasteiger partial charge on any atom is 0.129 e. The van der Waals surface area contributed by atoms with Crippen LogP contribution in [0.1, 0.15) is 30.0 Å². The molecule has 0 heterocycles. The number of ether oxygens (including phenoxy) is 2. The molecule has 0 aliphatic heterocycles. The first-order valence-electron chi connectivity index (χ1n) is 7.26. The summed E-state index contributed by atoms with van der Waals surface area (Å²) in [6.45, 7) is 2.20. The fraction of sp³-hybridized carbons (Fsp3) is 0.263. The van der Waals surface area contributed by atoms with E-state index in [1.165, 1.54) is 11.1 Å². The van der Waals surface area contributed by atoms with Gasteiger partial charge in [0.1, 0.15) is 11.5 Å². The third kappa shape index (κ3) is 3.88. The molecule has 0 bridgehead atoms. The molecule has 2 aromatic carbocycles. The topological polar surface area (TPSA) is 18.5 Å².